The van der Waals surface area contributed by atoms with Gasteiger partial charge in [-0.2, -0.15) is 11.3 Å². The minimum Gasteiger partial charge on any atom is -0.303 e. The largest absolute Gasteiger partial charge is 0.303 e. The van der Waals surface area contributed by atoms with Crippen LogP contribution in [0.15, 0.2) is 41.1 Å². The van der Waals surface area contributed by atoms with Crippen LogP contribution in [-0.4, -0.2) is 0 Å². The molecule has 3 rings (SSSR count). The van der Waals surface area contributed by atoms with Crippen LogP contribution < -0.4 is 5.32 Å². The van der Waals surface area contributed by atoms with Crippen LogP contribution in [0.5, 0.6) is 0 Å². The topological polar surface area (TPSA) is 12.0 Å². The van der Waals surface area contributed by atoms with Gasteiger partial charge in [-0.15, -0.1) is 0 Å². The molecular formula is C18H23NS. The van der Waals surface area contributed by atoms with Gasteiger partial charge in [0.05, 0.1) is 0 Å². The van der Waals surface area contributed by atoms with Gasteiger partial charge in [0.15, 0.2) is 0 Å². The van der Waals surface area contributed by atoms with Crippen LogP contribution in [-0.2, 0) is 6.42 Å². The van der Waals surface area contributed by atoms with Crippen molar-refractivity contribution < 1.29 is 0 Å². The summed E-state index contributed by atoms with van der Waals surface area (Å²) in [6.45, 7) is 7.05. The average Bonchev–Trinajstić information content (AvgIpc) is 2.96. The third kappa shape index (κ3) is 2.55. The van der Waals surface area contributed by atoms with Crippen molar-refractivity contribution in [3.8, 4) is 0 Å². The monoisotopic (exact) mass is 285 g/mol. The summed E-state index contributed by atoms with van der Waals surface area (Å²) in [7, 11) is 0. The van der Waals surface area contributed by atoms with Crippen molar-refractivity contribution in [3.63, 3.8) is 0 Å². The van der Waals surface area contributed by atoms with Gasteiger partial charge in [0.25, 0.3) is 0 Å². The van der Waals surface area contributed by atoms with Crippen LogP contribution >= 0.6 is 11.3 Å². The third-order valence-corrected chi connectivity index (χ3v) is 5.35. The Morgan fingerprint density at radius 1 is 1.25 bits per heavy atom. The molecule has 1 aliphatic rings. The molecule has 0 aliphatic heterocycles. The van der Waals surface area contributed by atoms with Gasteiger partial charge in [0.2, 0.25) is 0 Å². The zero-order valence-corrected chi connectivity index (χ0v) is 13.3. The molecule has 0 saturated carbocycles. The Hall–Kier alpha value is -1.12. The minimum atomic E-state index is 0.304. The molecule has 0 amide bonds. The maximum absolute atomic E-state index is 3.87. The molecule has 1 heterocycles. The first-order chi connectivity index (χ1) is 9.58. The van der Waals surface area contributed by atoms with Gasteiger partial charge in [0, 0.05) is 12.1 Å². The summed E-state index contributed by atoms with van der Waals surface area (Å²) in [5.74, 6) is 0. The Labute approximate surface area is 126 Å². The van der Waals surface area contributed by atoms with Crippen molar-refractivity contribution in [2.45, 2.75) is 45.7 Å². The second-order valence-electron chi connectivity index (χ2n) is 6.57. The van der Waals surface area contributed by atoms with E-state index in [0.29, 0.717) is 17.5 Å². The van der Waals surface area contributed by atoms with E-state index in [1.54, 1.807) is 11.3 Å². The van der Waals surface area contributed by atoms with Crippen LogP contribution in [0, 0.1) is 5.41 Å². The van der Waals surface area contributed by atoms with E-state index in [-0.39, 0.29) is 0 Å². The Morgan fingerprint density at radius 3 is 2.80 bits per heavy atom. The van der Waals surface area contributed by atoms with E-state index in [9.17, 15) is 0 Å². The molecule has 1 N–H and O–H groups in total. The van der Waals surface area contributed by atoms with E-state index in [1.165, 1.54) is 29.5 Å². The number of hydrogen-bond acceptors (Lipinski definition) is 2. The highest BCUT2D eigenvalue weighted by Crippen LogP contribution is 2.44. The molecule has 20 heavy (non-hydrogen) atoms. The standard InChI is InChI=1S/C18H23NS/c1-13(15-9-11-20-12-15)19-17-16-7-5-4-6-14(16)8-10-18(17,2)3/h4-7,9,11-13,17,19H,8,10H2,1-3H3. The van der Waals surface area contributed by atoms with Gasteiger partial charge < -0.3 is 5.32 Å². The molecule has 0 bridgehead atoms. The molecule has 0 spiro atoms. The molecule has 2 atom stereocenters. The summed E-state index contributed by atoms with van der Waals surface area (Å²) in [5, 5.41) is 8.28. The first kappa shape index (κ1) is 13.8. The fourth-order valence-corrected chi connectivity index (χ4v) is 4.00. The Bertz CT molecular complexity index is 571. The Balaban J connectivity index is 1.90. The lowest BCUT2D eigenvalue weighted by atomic mass is 9.70. The van der Waals surface area contributed by atoms with Crippen molar-refractivity contribution in [2.24, 2.45) is 5.41 Å². The van der Waals surface area contributed by atoms with Gasteiger partial charge in [-0.3, -0.25) is 0 Å². The molecule has 1 aromatic carbocycles. The summed E-state index contributed by atoms with van der Waals surface area (Å²) < 4.78 is 0. The quantitative estimate of drug-likeness (QED) is 0.826. The van der Waals surface area contributed by atoms with Crippen LogP contribution in [0.2, 0.25) is 0 Å². The maximum atomic E-state index is 3.87. The molecule has 1 aliphatic carbocycles. The molecule has 2 aromatic rings. The lowest BCUT2D eigenvalue weighted by molar-refractivity contribution is 0.196. The molecule has 0 saturated heterocycles. The van der Waals surface area contributed by atoms with Crippen LogP contribution in [0.4, 0.5) is 0 Å². The molecule has 2 unspecified atom stereocenters. The molecule has 1 nitrogen and oxygen atoms in total. The van der Waals surface area contributed by atoms with E-state index in [2.05, 4.69) is 67.2 Å². The molecule has 2 heteroatoms. The lowest BCUT2D eigenvalue weighted by Gasteiger charge is -2.42. The number of thiophene rings is 1. The predicted molar refractivity (Wildman–Crippen MR) is 87.2 cm³/mol. The third-order valence-electron chi connectivity index (χ3n) is 4.65. The van der Waals surface area contributed by atoms with Crippen molar-refractivity contribution in [2.75, 3.05) is 0 Å². The summed E-state index contributed by atoms with van der Waals surface area (Å²) >= 11 is 1.78. The van der Waals surface area contributed by atoms with Gasteiger partial charge >= 0.3 is 0 Å². The van der Waals surface area contributed by atoms with Gasteiger partial charge in [-0.1, -0.05) is 38.1 Å². The highest BCUT2D eigenvalue weighted by molar-refractivity contribution is 7.07. The molecule has 106 valence electrons. The summed E-state index contributed by atoms with van der Waals surface area (Å²) in [4.78, 5) is 0. The zero-order valence-electron chi connectivity index (χ0n) is 12.5. The summed E-state index contributed by atoms with van der Waals surface area (Å²) in [5.41, 5.74) is 4.71. The Morgan fingerprint density at radius 2 is 2.05 bits per heavy atom. The molecular weight excluding hydrogens is 262 g/mol. The smallest absolute Gasteiger partial charge is 0.0379 e. The number of benzene rings is 1. The van der Waals surface area contributed by atoms with Crippen LogP contribution in [0.3, 0.4) is 0 Å². The molecule has 1 aromatic heterocycles. The number of hydrogen-bond donors (Lipinski definition) is 1. The van der Waals surface area contributed by atoms with E-state index >= 15 is 0 Å². The van der Waals surface area contributed by atoms with Gasteiger partial charge in [-0.25, -0.2) is 0 Å². The fraction of sp³-hybridized carbons (Fsp3) is 0.444. The highest BCUT2D eigenvalue weighted by Gasteiger charge is 2.36. The first-order valence-electron chi connectivity index (χ1n) is 7.44. The van der Waals surface area contributed by atoms with E-state index in [0.717, 1.165) is 0 Å². The normalized spacial score (nSPS) is 22.2. The van der Waals surface area contributed by atoms with E-state index in [1.807, 2.05) is 0 Å². The number of rotatable bonds is 3. The summed E-state index contributed by atoms with van der Waals surface area (Å²) in [6.07, 6.45) is 2.45. The van der Waals surface area contributed by atoms with Crippen LogP contribution in [0.1, 0.15) is 56.0 Å². The lowest BCUT2D eigenvalue weighted by Crippen LogP contribution is -2.39. The number of nitrogens with one attached hydrogen (secondary N) is 1. The van der Waals surface area contributed by atoms with Gasteiger partial charge in [-0.05, 0) is 58.7 Å². The van der Waals surface area contributed by atoms with Crippen molar-refractivity contribution >= 4 is 11.3 Å². The van der Waals surface area contributed by atoms with Crippen molar-refractivity contribution in [1.82, 2.24) is 5.32 Å². The fourth-order valence-electron chi connectivity index (χ4n) is 3.25. The van der Waals surface area contributed by atoms with Crippen molar-refractivity contribution in [3.05, 3.63) is 57.8 Å². The predicted octanol–water partition coefficient (Wildman–Crippen LogP) is 5.11. The van der Waals surface area contributed by atoms with E-state index in [4.69, 9.17) is 0 Å². The second-order valence-corrected chi connectivity index (χ2v) is 7.35. The molecule has 0 fully saturated rings. The minimum absolute atomic E-state index is 0.304. The number of fused-ring (bicyclic) bond motifs is 1. The second kappa shape index (κ2) is 5.34. The highest BCUT2D eigenvalue weighted by atomic mass is 32.1. The number of aryl methyl sites for hydroxylation is 1. The Kier molecular flexibility index (Phi) is 3.70. The van der Waals surface area contributed by atoms with E-state index < -0.39 is 0 Å². The van der Waals surface area contributed by atoms with Crippen LogP contribution in [0.25, 0.3) is 0 Å². The zero-order chi connectivity index (χ0) is 14.2. The average molecular weight is 285 g/mol. The first-order valence-corrected chi connectivity index (χ1v) is 8.38. The summed E-state index contributed by atoms with van der Waals surface area (Å²) in [6, 6.07) is 12.0. The maximum Gasteiger partial charge on any atom is 0.0379 e. The molecule has 0 radical (unpaired) electrons. The van der Waals surface area contributed by atoms with Crippen molar-refractivity contribution in [1.29, 1.82) is 0 Å². The van der Waals surface area contributed by atoms with Gasteiger partial charge in [0.1, 0.15) is 0 Å². The SMILES string of the molecule is CC(NC1c2ccccc2CCC1(C)C)c1ccsc1.